The fraction of sp³-hybridized carbons (Fsp3) is 0.167. The summed E-state index contributed by atoms with van der Waals surface area (Å²) in [6, 6.07) is 10.1. The largest absolute Gasteiger partial charge is 0.459 e. The second kappa shape index (κ2) is 6.62. The molecule has 3 aromatic rings. The SMILES string of the molecule is Cc1cc(F)ccc1-c1ccc(CNc2cnccc2CO)o1. The first-order chi connectivity index (χ1) is 11.2. The van der Waals surface area contributed by atoms with E-state index in [0.29, 0.717) is 12.3 Å². The minimum atomic E-state index is -0.257. The van der Waals surface area contributed by atoms with Crippen LogP contribution in [0.4, 0.5) is 10.1 Å². The van der Waals surface area contributed by atoms with E-state index in [1.807, 2.05) is 19.1 Å². The molecule has 2 N–H and O–H groups in total. The number of halogens is 1. The predicted octanol–water partition coefficient (Wildman–Crippen LogP) is 3.89. The minimum Gasteiger partial charge on any atom is -0.459 e. The maximum atomic E-state index is 13.2. The van der Waals surface area contributed by atoms with Crippen LogP contribution in [0.5, 0.6) is 0 Å². The fourth-order valence-electron chi connectivity index (χ4n) is 2.42. The molecule has 0 saturated carbocycles. The van der Waals surface area contributed by atoms with Gasteiger partial charge >= 0.3 is 0 Å². The van der Waals surface area contributed by atoms with Crippen LogP contribution in [0.15, 0.2) is 53.2 Å². The Morgan fingerprint density at radius 3 is 2.87 bits per heavy atom. The average molecular weight is 312 g/mol. The van der Waals surface area contributed by atoms with Gasteiger partial charge in [-0.25, -0.2) is 4.39 Å². The molecule has 118 valence electrons. The van der Waals surface area contributed by atoms with Crippen molar-refractivity contribution in [3.63, 3.8) is 0 Å². The molecule has 0 unspecified atom stereocenters. The number of aryl methyl sites for hydroxylation is 1. The molecule has 3 rings (SSSR count). The van der Waals surface area contributed by atoms with E-state index in [1.165, 1.54) is 12.1 Å². The lowest BCUT2D eigenvalue weighted by molar-refractivity contribution is 0.282. The highest BCUT2D eigenvalue weighted by atomic mass is 19.1. The molecule has 2 heterocycles. The molecule has 0 saturated heterocycles. The molecule has 0 radical (unpaired) electrons. The number of nitrogens with one attached hydrogen (secondary N) is 1. The third kappa shape index (κ3) is 3.40. The maximum absolute atomic E-state index is 13.2. The van der Waals surface area contributed by atoms with Crippen molar-refractivity contribution >= 4 is 5.69 Å². The number of benzene rings is 1. The van der Waals surface area contributed by atoms with E-state index >= 15 is 0 Å². The number of nitrogens with zero attached hydrogens (tertiary/aromatic N) is 1. The number of aromatic nitrogens is 1. The third-order valence-electron chi connectivity index (χ3n) is 3.65. The van der Waals surface area contributed by atoms with Gasteiger partial charge in [0.2, 0.25) is 0 Å². The van der Waals surface area contributed by atoms with E-state index in [4.69, 9.17) is 4.42 Å². The van der Waals surface area contributed by atoms with Crippen LogP contribution in [-0.4, -0.2) is 10.1 Å². The van der Waals surface area contributed by atoms with Crippen LogP contribution >= 0.6 is 0 Å². The molecule has 0 aliphatic rings. The van der Waals surface area contributed by atoms with Gasteiger partial charge in [-0.2, -0.15) is 0 Å². The molecule has 0 aliphatic heterocycles. The van der Waals surface area contributed by atoms with Gasteiger partial charge in [-0.1, -0.05) is 0 Å². The van der Waals surface area contributed by atoms with E-state index in [2.05, 4.69) is 10.3 Å². The van der Waals surface area contributed by atoms with Crippen molar-refractivity contribution in [3.8, 4) is 11.3 Å². The molecule has 0 amide bonds. The van der Waals surface area contributed by atoms with Crippen molar-refractivity contribution in [1.82, 2.24) is 4.98 Å². The van der Waals surface area contributed by atoms with Gasteiger partial charge in [0.1, 0.15) is 17.3 Å². The van der Waals surface area contributed by atoms with Crippen LogP contribution in [-0.2, 0) is 13.2 Å². The summed E-state index contributed by atoms with van der Waals surface area (Å²) >= 11 is 0. The van der Waals surface area contributed by atoms with Gasteiger partial charge in [-0.15, -0.1) is 0 Å². The number of aliphatic hydroxyl groups is 1. The van der Waals surface area contributed by atoms with Gasteiger partial charge in [0, 0.05) is 17.3 Å². The summed E-state index contributed by atoms with van der Waals surface area (Å²) in [6.45, 7) is 2.27. The van der Waals surface area contributed by atoms with Crippen LogP contribution in [0, 0.1) is 12.7 Å². The summed E-state index contributed by atoms with van der Waals surface area (Å²) in [6.07, 6.45) is 3.30. The first kappa shape index (κ1) is 15.2. The van der Waals surface area contributed by atoms with E-state index in [0.717, 1.165) is 28.1 Å². The molecular formula is C18H17FN2O2. The number of anilines is 1. The number of hydrogen-bond acceptors (Lipinski definition) is 4. The lowest BCUT2D eigenvalue weighted by atomic mass is 10.1. The number of aliphatic hydroxyl groups excluding tert-OH is 1. The Morgan fingerprint density at radius 2 is 2.09 bits per heavy atom. The second-order valence-electron chi connectivity index (χ2n) is 5.27. The van der Waals surface area contributed by atoms with Crippen molar-refractivity contribution < 1.29 is 13.9 Å². The van der Waals surface area contributed by atoms with Crippen molar-refractivity contribution in [1.29, 1.82) is 0 Å². The Hall–Kier alpha value is -2.66. The van der Waals surface area contributed by atoms with E-state index in [1.54, 1.807) is 24.5 Å². The molecule has 0 bridgehead atoms. The zero-order valence-electron chi connectivity index (χ0n) is 12.7. The van der Waals surface area contributed by atoms with Gasteiger partial charge in [-0.3, -0.25) is 4.98 Å². The molecule has 5 heteroatoms. The zero-order chi connectivity index (χ0) is 16.2. The van der Waals surface area contributed by atoms with Crippen LogP contribution in [0.2, 0.25) is 0 Å². The zero-order valence-corrected chi connectivity index (χ0v) is 12.7. The van der Waals surface area contributed by atoms with Crippen molar-refractivity contribution in [2.45, 2.75) is 20.1 Å². The maximum Gasteiger partial charge on any atom is 0.134 e. The topological polar surface area (TPSA) is 58.3 Å². The molecule has 1 aromatic carbocycles. The van der Waals surface area contributed by atoms with Crippen molar-refractivity contribution in [2.24, 2.45) is 0 Å². The van der Waals surface area contributed by atoms with Crippen LogP contribution in [0.1, 0.15) is 16.9 Å². The third-order valence-corrected chi connectivity index (χ3v) is 3.65. The molecule has 4 nitrogen and oxygen atoms in total. The number of hydrogen-bond donors (Lipinski definition) is 2. The highest BCUT2D eigenvalue weighted by Gasteiger charge is 2.09. The smallest absolute Gasteiger partial charge is 0.134 e. The molecule has 23 heavy (non-hydrogen) atoms. The Balaban J connectivity index is 1.75. The molecule has 0 fully saturated rings. The van der Waals surface area contributed by atoms with Gasteiger partial charge in [0.25, 0.3) is 0 Å². The summed E-state index contributed by atoms with van der Waals surface area (Å²) in [5, 5.41) is 12.5. The van der Waals surface area contributed by atoms with Crippen LogP contribution in [0.25, 0.3) is 11.3 Å². The Morgan fingerprint density at radius 1 is 1.22 bits per heavy atom. The van der Waals surface area contributed by atoms with E-state index < -0.39 is 0 Å². The summed E-state index contributed by atoms with van der Waals surface area (Å²) in [4.78, 5) is 4.04. The lowest BCUT2D eigenvalue weighted by Gasteiger charge is -2.08. The predicted molar refractivity (Wildman–Crippen MR) is 86.3 cm³/mol. The molecule has 2 aromatic heterocycles. The molecular weight excluding hydrogens is 295 g/mol. The second-order valence-corrected chi connectivity index (χ2v) is 5.27. The highest BCUT2D eigenvalue weighted by molar-refractivity contribution is 5.62. The van der Waals surface area contributed by atoms with Gasteiger partial charge in [0.15, 0.2) is 0 Å². The first-order valence-electron chi connectivity index (χ1n) is 7.30. The van der Waals surface area contributed by atoms with E-state index in [-0.39, 0.29) is 12.4 Å². The molecule has 0 atom stereocenters. The van der Waals surface area contributed by atoms with Crippen LogP contribution in [0.3, 0.4) is 0 Å². The van der Waals surface area contributed by atoms with Crippen molar-refractivity contribution in [3.05, 3.63) is 71.5 Å². The van der Waals surface area contributed by atoms with Gasteiger partial charge < -0.3 is 14.8 Å². The lowest BCUT2D eigenvalue weighted by Crippen LogP contribution is -2.02. The summed E-state index contributed by atoms with van der Waals surface area (Å²) in [5.74, 6) is 1.19. The molecule has 0 spiro atoms. The minimum absolute atomic E-state index is 0.0525. The molecule has 0 aliphatic carbocycles. The van der Waals surface area contributed by atoms with Crippen molar-refractivity contribution in [2.75, 3.05) is 5.32 Å². The number of pyridine rings is 1. The number of furan rings is 1. The van der Waals surface area contributed by atoms with Gasteiger partial charge in [0.05, 0.1) is 25.0 Å². The Kier molecular flexibility index (Phi) is 4.39. The number of rotatable bonds is 5. The van der Waals surface area contributed by atoms with Crippen LogP contribution < -0.4 is 5.32 Å². The average Bonchev–Trinajstić information content (AvgIpc) is 3.02. The normalized spacial score (nSPS) is 10.7. The quantitative estimate of drug-likeness (QED) is 0.750. The summed E-state index contributed by atoms with van der Waals surface area (Å²) < 4.78 is 19.0. The monoisotopic (exact) mass is 312 g/mol. The summed E-state index contributed by atoms with van der Waals surface area (Å²) in [5.41, 5.74) is 3.25. The standard InChI is InChI=1S/C18H17FN2O2/c1-12-8-14(19)2-4-16(12)18-5-3-15(23-18)9-21-17-10-20-7-6-13(17)11-22/h2-8,10,21-22H,9,11H2,1H3. The van der Waals surface area contributed by atoms with Gasteiger partial charge in [-0.05, 0) is 48.9 Å². The fourth-order valence-corrected chi connectivity index (χ4v) is 2.42. The van der Waals surface area contributed by atoms with E-state index in [9.17, 15) is 9.50 Å². The Bertz CT molecular complexity index is 814. The Labute approximate surface area is 133 Å². The summed E-state index contributed by atoms with van der Waals surface area (Å²) in [7, 11) is 0. The highest BCUT2D eigenvalue weighted by Crippen LogP contribution is 2.26. The first-order valence-corrected chi connectivity index (χ1v) is 7.30.